The average Bonchev–Trinajstić information content (AvgIpc) is 3.43. The second-order valence-corrected chi connectivity index (χ2v) is 8.51. The Kier molecular flexibility index (Phi) is 6.44. The molecule has 0 amide bonds. The molecule has 0 bridgehead atoms. The molecule has 1 aromatic carbocycles. The van der Waals surface area contributed by atoms with Crippen molar-refractivity contribution in [3.05, 3.63) is 54.1 Å². The molecule has 1 aliphatic carbocycles. The lowest BCUT2D eigenvalue weighted by molar-refractivity contribution is 0.122. The molecule has 3 aromatic rings. The van der Waals surface area contributed by atoms with Crippen LogP contribution in [-0.4, -0.2) is 57.1 Å². The van der Waals surface area contributed by atoms with Gasteiger partial charge >= 0.3 is 0 Å². The van der Waals surface area contributed by atoms with Crippen LogP contribution in [0.15, 0.2) is 42.7 Å². The summed E-state index contributed by atoms with van der Waals surface area (Å²) in [5, 5.41) is 13.9. The summed E-state index contributed by atoms with van der Waals surface area (Å²) in [4.78, 5) is 18.1. The monoisotopic (exact) mass is 444 g/mol. The van der Waals surface area contributed by atoms with E-state index in [0.29, 0.717) is 50.8 Å². The fraction of sp³-hybridized carbons (Fsp3) is 0.458. The van der Waals surface area contributed by atoms with Crippen LogP contribution in [0.4, 0.5) is 11.9 Å². The van der Waals surface area contributed by atoms with Gasteiger partial charge in [0.05, 0.1) is 18.9 Å². The van der Waals surface area contributed by atoms with Crippen molar-refractivity contribution in [3.63, 3.8) is 0 Å². The zero-order valence-electron chi connectivity index (χ0n) is 18.7. The summed E-state index contributed by atoms with van der Waals surface area (Å²) in [6.07, 6.45) is 9.58. The molecule has 0 N–H and O–H groups in total. The van der Waals surface area contributed by atoms with E-state index in [1.165, 1.54) is 24.8 Å². The first-order chi connectivity index (χ1) is 16.3. The van der Waals surface area contributed by atoms with E-state index < -0.39 is 0 Å². The van der Waals surface area contributed by atoms with Gasteiger partial charge in [0.25, 0.3) is 0 Å². The highest BCUT2D eigenvalue weighted by Crippen LogP contribution is 2.28. The molecule has 9 nitrogen and oxygen atoms in total. The number of nitrogens with zero attached hydrogens (tertiary/aromatic N) is 8. The second-order valence-electron chi connectivity index (χ2n) is 8.51. The number of rotatable bonds is 6. The van der Waals surface area contributed by atoms with E-state index >= 15 is 0 Å². The van der Waals surface area contributed by atoms with Crippen molar-refractivity contribution < 1.29 is 4.74 Å². The largest absolute Gasteiger partial charge is 0.378 e. The van der Waals surface area contributed by atoms with Gasteiger partial charge in [-0.1, -0.05) is 31.4 Å². The van der Waals surface area contributed by atoms with Crippen molar-refractivity contribution in [2.75, 3.05) is 36.1 Å². The summed E-state index contributed by atoms with van der Waals surface area (Å²) in [6.45, 7) is 3.39. The minimum absolute atomic E-state index is 0.163. The number of benzene rings is 1. The Morgan fingerprint density at radius 1 is 1.03 bits per heavy atom. The number of anilines is 2. The number of nitriles is 1. The maximum atomic E-state index is 9.61. The van der Waals surface area contributed by atoms with Crippen molar-refractivity contribution in [2.45, 2.75) is 44.7 Å². The minimum atomic E-state index is 0.163. The highest BCUT2D eigenvalue weighted by atomic mass is 16.5. The van der Waals surface area contributed by atoms with Gasteiger partial charge in [0, 0.05) is 38.1 Å². The summed E-state index contributed by atoms with van der Waals surface area (Å²) in [5.74, 6) is 1.32. The summed E-state index contributed by atoms with van der Waals surface area (Å²) in [6, 6.07) is 12.8. The van der Waals surface area contributed by atoms with Gasteiger partial charge in [-0.3, -0.25) is 0 Å². The quantitative estimate of drug-likeness (QED) is 0.572. The van der Waals surface area contributed by atoms with Crippen LogP contribution in [0, 0.1) is 11.3 Å². The van der Waals surface area contributed by atoms with Crippen LogP contribution in [0.1, 0.15) is 43.5 Å². The van der Waals surface area contributed by atoms with Gasteiger partial charge in [-0.25, -0.2) is 4.68 Å². The van der Waals surface area contributed by atoms with Gasteiger partial charge in [0.1, 0.15) is 6.07 Å². The highest BCUT2D eigenvalue weighted by molar-refractivity contribution is 5.44. The minimum Gasteiger partial charge on any atom is -0.378 e. The van der Waals surface area contributed by atoms with Gasteiger partial charge in [0.15, 0.2) is 0 Å². The normalized spacial score (nSPS) is 17.0. The predicted octanol–water partition coefficient (Wildman–Crippen LogP) is 3.10. The zero-order chi connectivity index (χ0) is 22.5. The van der Waals surface area contributed by atoms with E-state index in [4.69, 9.17) is 9.72 Å². The molecule has 33 heavy (non-hydrogen) atoms. The van der Waals surface area contributed by atoms with Crippen LogP contribution in [0.2, 0.25) is 0 Å². The van der Waals surface area contributed by atoms with Crippen LogP contribution in [0.25, 0.3) is 5.69 Å². The maximum absolute atomic E-state index is 9.61. The lowest BCUT2D eigenvalue weighted by Gasteiger charge is -2.35. The Labute approximate surface area is 193 Å². The van der Waals surface area contributed by atoms with Gasteiger partial charge in [-0.05, 0) is 36.6 Å². The smallest absolute Gasteiger partial charge is 0.238 e. The lowest BCUT2D eigenvalue weighted by atomic mass is 9.94. The molecule has 5 rings (SSSR count). The van der Waals surface area contributed by atoms with E-state index in [0.717, 1.165) is 18.5 Å². The second kappa shape index (κ2) is 9.96. The van der Waals surface area contributed by atoms with Crippen LogP contribution >= 0.6 is 0 Å². The Balaban J connectivity index is 1.45. The molecule has 2 aromatic heterocycles. The summed E-state index contributed by atoms with van der Waals surface area (Å²) in [5.41, 5.74) is 2.19. The van der Waals surface area contributed by atoms with Crippen molar-refractivity contribution in [1.29, 1.82) is 5.26 Å². The lowest BCUT2D eigenvalue weighted by Crippen LogP contribution is -2.40. The maximum Gasteiger partial charge on any atom is 0.238 e. The number of morpholine rings is 1. The fourth-order valence-corrected chi connectivity index (χ4v) is 4.57. The van der Waals surface area contributed by atoms with Gasteiger partial charge in [0.2, 0.25) is 17.7 Å². The Morgan fingerprint density at radius 3 is 2.52 bits per heavy atom. The molecule has 1 saturated carbocycles. The Hall–Kier alpha value is -3.51. The third-order valence-electron chi connectivity index (χ3n) is 6.34. The molecule has 1 aliphatic heterocycles. The molecule has 2 fully saturated rings. The molecule has 3 heterocycles. The van der Waals surface area contributed by atoms with Crippen molar-refractivity contribution in [3.8, 4) is 11.8 Å². The van der Waals surface area contributed by atoms with E-state index in [2.05, 4.69) is 55.2 Å². The van der Waals surface area contributed by atoms with Crippen LogP contribution < -0.4 is 9.80 Å². The molecule has 0 atom stereocenters. The molecule has 0 spiro atoms. The average molecular weight is 445 g/mol. The topological polar surface area (TPSA) is 96.0 Å². The van der Waals surface area contributed by atoms with Gasteiger partial charge < -0.3 is 14.5 Å². The Morgan fingerprint density at radius 2 is 1.82 bits per heavy atom. The van der Waals surface area contributed by atoms with E-state index in [9.17, 15) is 5.26 Å². The predicted molar refractivity (Wildman–Crippen MR) is 124 cm³/mol. The highest BCUT2D eigenvalue weighted by Gasteiger charge is 2.26. The van der Waals surface area contributed by atoms with Crippen molar-refractivity contribution in [2.24, 2.45) is 0 Å². The Bertz CT molecular complexity index is 1080. The van der Waals surface area contributed by atoms with Crippen molar-refractivity contribution in [1.82, 2.24) is 24.7 Å². The summed E-state index contributed by atoms with van der Waals surface area (Å²) < 4.78 is 7.32. The number of hydrogen-bond donors (Lipinski definition) is 0. The van der Waals surface area contributed by atoms with E-state index in [1.807, 2.05) is 16.9 Å². The summed E-state index contributed by atoms with van der Waals surface area (Å²) in [7, 11) is 0. The SMILES string of the molecule is N#Cc1nc(N2CCOCC2)nc(N(Cc2ccc(-n3cccn3)cc2)C2CCCCC2)n1. The molecular weight excluding hydrogens is 416 g/mol. The first kappa shape index (κ1) is 21.3. The summed E-state index contributed by atoms with van der Waals surface area (Å²) >= 11 is 0. The third kappa shape index (κ3) is 4.96. The molecule has 0 unspecified atom stereocenters. The van der Waals surface area contributed by atoms with E-state index in [1.54, 1.807) is 6.20 Å². The molecule has 9 heteroatoms. The van der Waals surface area contributed by atoms with Crippen LogP contribution in [0.5, 0.6) is 0 Å². The van der Waals surface area contributed by atoms with Crippen LogP contribution in [-0.2, 0) is 11.3 Å². The molecule has 1 saturated heterocycles. The molecule has 170 valence electrons. The molecule has 0 radical (unpaired) electrons. The van der Waals surface area contributed by atoms with Crippen molar-refractivity contribution >= 4 is 11.9 Å². The van der Waals surface area contributed by atoms with Crippen LogP contribution in [0.3, 0.4) is 0 Å². The standard InChI is InChI=1S/C24H28N8O/c25-17-22-27-23(30-13-15-33-16-14-30)29-24(28-22)31(20-5-2-1-3-6-20)18-19-7-9-21(10-8-19)32-12-4-11-26-32/h4,7-12,20H,1-3,5-6,13-16,18H2. The first-order valence-corrected chi connectivity index (χ1v) is 11.6. The zero-order valence-corrected chi connectivity index (χ0v) is 18.7. The van der Waals surface area contributed by atoms with Gasteiger partial charge in [-0.15, -0.1) is 0 Å². The van der Waals surface area contributed by atoms with E-state index in [-0.39, 0.29) is 5.82 Å². The van der Waals surface area contributed by atoms with Gasteiger partial charge in [-0.2, -0.15) is 25.3 Å². The number of ether oxygens (including phenoxy) is 1. The first-order valence-electron chi connectivity index (χ1n) is 11.6. The number of aromatic nitrogens is 5. The molecule has 2 aliphatic rings. The fourth-order valence-electron chi connectivity index (χ4n) is 4.57. The molecular formula is C24H28N8O. The number of hydrogen-bond acceptors (Lipinski definition) is 8. The third-order valence-corrected chi connectivity index (χ3v) is 6.34.